The Balaban J connectivity index is 1.05. The normalized spacial score (nSPS) is 15.9. The van der Waals surface area contributed by atoms with Crippen LogP contribution in [0.3, 0.4) is 0 Å². The molecule has 0 saturated carbocycles. The van der Waals surface area contributed by atoms with E-state index in [1.165, 1.54) is 60.3 Å². The highest BCUT2D eigenvalue weighted by Crippen LogP contribution is 2.62. The monoisotopic (exact) mass is 738 g/mol. The lowest BCUT2D eigenvalue weighted by molar-refractivity contribution is 0.756. The molecular weight excluding hydrogens is 705 g/mol. The summed E-state index contributed by atoms with van der Waals surface area (Å²) in [5.74, 6) is 1.62. The Labute approximate surface area is 335 Å². The lowest BCUT2D eigenvalue weighted by Crippen LogP contribution is -2.36. The molecule has 1 unspecified atom stereocenters. The summed E-state index contributed by atoms with van der Waals surface area (Å²) >= 11 is 0. The maximum absolute atomic E-state index is 5.32. The van der Waals surface area contributed by atoms with Crippen molar-refractivity contribution in [2.45, 2.75) is 11.6 Å². The molecule has 0 saturated heterocycles. The zero-order valence-corrected chi connectivity index (χ0v) is 31.4. The third-order valence-electron chi connectivity index (χ3n) is 12.8. The zero-order valence-electron chi connectivity index (χ0n) is 31.4. The van der Waals surface area contributed by atoms with E-state index in [4.69, 9.17) is 9.98 Å². The lowest BCUT2D eigenvalue weighted by atomic mass is 9.70. The van der Waals surface area contributed by atoms with Crippen molar-refractivity contribution in [3.05, 3.63) is 233 Å². The summed E-state index contributed by atoms with van der Waals surface area (Å²) in [4.78, 5) is 10.5. The molecule has 0 amide bonds. The van der Waals surface area contributed by atoms with Gasteiger partial charge in [-0.1, -0.05) is 170 Å². The number of hydrogen-bond acceptors (Lipinski definition) is 3. The Hall–Kier alpha value is -7.56. The van der Waals surface area contributed by atoms with E-state index in [0.29, 0.717) is 0 Å². The minimum absolute atomic E-state index is 0.379. The molecule has 4 nitrogen and oxygen atoms in total. The van der Waals surface area contributed by atoms with E-state index in [0.717, 1.165) is 50.5 Å². The Kier molecular flexibility index (Phi) is 6.40. The molecule has 0 bridgehead atoms. The maximum atomic E-state index is 5.32. The average molecular weight is 739 g/mol. The van der Waals surface area contributed by atoms with Gasteiger partial charge in [-0.25, -0.2) is 9.98 Å². The Morgan fingerprint density at radius 1 is 0.431 bits per heavy atom. The fourth-order valence-electron chi connectivity index (χ4n) is 10.5. The number of aromatic nitrogens is 1. The van der Waals surface area contributed by atoms with Crippen LogP contribution in [0.4, 0.5) is 0 Å². The number of rotatable bonds is 4. The molecule has 1 aliphatic heterocycles. The van der Waals surface area contributed by atoms with Crippen LogP contribution in [0.25, 0.3) is 60.2 Å². The van der Waals surface area contributed by atoms with E-state index in [9.17, 15) is 0 Å². The minimum atomic E-state index is -0.436. The predicted octanol–water partition coefficient (Wildman–Crippen LogP) is 12.3. The number of benzene rings is 9. The van der Waals surface area contributed by atoms with Gasteiger partial charge in [0.15, 0.2) is 6.17 Å². The summed E-state index contributed by atoms with van der Waals surface area (Å²) in [6.07, 6.45) is -0.379. The maximum Gasteiger partial charge on any atom is 0.169 e. The summed E-state index contributed by atoms with van der Waals surface area (Å²) in [5, 5.41) is 11.4. The summed E-state index contributed by atoms with van der Waals surface area (Å²) in [5.41, 5.74) is 14.1. The largest absolute Gasteiger partial charge is 0.324 e. The molecule has 1 N–H and O–H groups in total. The standard InChI is InChI=1S/C54H34N4/c1-3-14-35(15-4-1)51-55-52(36-16-5-2-6-17-36)57-53(56-51)41-22-13-27-47-50(41)40-21-8-10-26-46(40)58(47)37-30-31-39-38-20-7-9-23-42(38)54(45(39)32-37)43-24-11-18-33-28-29-34-19-12-25-44(54)49(34)48(33)43/h1-32,51H,(H,55,56,57). The molecule has 0 fully saturated rings. The van der Waals surface area contributed by atoms with Gasteiger partial charge in [0.05, 0.1) is 16.4 Å². The number of nitrogens with zero attached hydrogens (tertiary/aromatic N) is 3. The molecule has 3 aliphatic rings. The molecule has 2 aliphatic carbocycles. The van der Waals surface area contributed by atoms with Gasteiger partial charge in [-0.05, 0) is 84.8 Å². The topological polar surface area (TPSA) is 41.7 Å². The van der Waals surface area contributed by atoms with Crippen molar-refractivity contribution in [3.63, 3.8) is 0 Å². The molecule has 2 heterocycles. The molecule has 13 rings (SSSR count). The average Bonchev–Trinajstić information content (AvgIpc) is 3.91. The van der Waals surface area contributed by atoms with Crippen LogP contribution in [0.2, 0.25) is 0 Å². The highest BCUT2D eigenvalue weighted by molar-refractivity contribution is 6.25. The van der Waals surface area contributed by atoms with Crippen molar-refractivity contribution in [3.8, 4) is 16.8 Å². The van der Waals surface area contributed by atoms with Crippen molar-refractivity contribution < 1.29 is 0 Å². The quantitative estimate of drug-likeness (QED) is 0.180. The van der Waals surface area contributed by atoms with Crippen LogP contribution in [0.1, 0.15) is 45.1 Å². The van der Waals surface area contributed by atoms with Gasteiger partial charge < -0.3 is 9.88 Å². The van der Waals surface area contributed by atoms with E-state index in [1.807, 2.05) is 12.1 Å². The van der Waals surface area contributed by atoms with Crippen LogP contribution in [-0.4, -0.2) is 16.2 Å². The number of aliphatic imine (C=N–C) groups is 2. The molecule has 58 heavy (non-hydrogen) atoms. The molecular formula is C54H34N4. The number of hydrogen-bond donors (Lipinski definition) is 1. The van der Waals surface area contributed by atoms with Crippen LogP contribution in [0.15, 0.2) is 204 Å². The highest BCUT2D eigenvalue weighted by atomic mass is 15.2. The van der Waals surface area contributed by atoms with Gasteiger partial charge in [0.25, 0.3) is 0 Å². The second-order valence-electron chi connectivity index (χ2n) is 15.7. The highest BCUT2D eigenvalue weighted by Gasteiger charge is 2.50. The van der Waals surface area contributed by atoms with Gasteiger partial charge in [-0.2, -0.15) is 0 Å². The van der Waals surface area contributed by atoms with E-state index in [1.54, 1.807) is 0 Å². The molecule has 0 radical (unpaired) electrons. The van der Waals surface area contributed by atoms with Crippen molar-refractivity contribution in [1.82, 2.24) is 9.88 Å². The number of amidine groups is 2. The Bertz CT molecular complexity index is 3370. The Morgan fingerprint density at radius 3 is 1.83 bits per heavy atom. The van der Waals surface area contributed by atoms with Gasteiger partial charge in [0, 0.05) is 27.6 Å². The number of para-hydroxylation sites is 1. The first kappa shape index (κ1) is 31.6. The summed E-state index contributed by atoms with van der Waals surface area (Å²) < 4.78 is 2.46. The first-order valence-electron chi connectivity index (χ1n) is 20.0. The molecule has 1 aromatic heterocycles. The molecule has 4 heteroatoms. The molecule has 9 aromatic carbocycles. The molecule has 1 atom stereocenters. The van der Waals surface area contributed by atoms with Gasteiger partial charge >= 0.3 is 0 Å². The third-order valence-corrected chi connectivity index (χ3v) is 12.8. The van der Waals surface area contributed by atoms with Crippen LogP contribution in [0, 0.1) is 0 Å². The van der Waals surface area contributed by atoms with Crippen LogP contribution >= 0.6 is 0 Å². The summed E-state index contributed by atoms with van der Waals surface area (Å²) in [6, 6.07) is 70.8. The first-order chi connectivity index (χ1) is 28.8. The SMILES string of the molecule is c1ccc(C2=NC(c3ccccc3)N=C(c3cccc4c3c3ccccc3n4-c3ccc4c(c3)C3(c5ccccc5-4)c4cccc5ccc6cccc3c6c45)N2)cc1. The predicted molar refractivity (Wildman–Crippen MR) is 238 cm³/mol. The molecule has 1 spiro atoms. The second kappa shape index (κ2) is 11.7. The fourth-order valence-corrected chi connectivity index (χ4v) is 10.5. The molecule has 10 aromatic rings. The fraction of sp³-hybridized carbons (Fsp3) is 0.0370. The van der Waals surface area contributed by atoms with E-state index >= 15 is 0 Å². The van der Waals surface area contributed by atoms with Crippen LogP contribution < -0.4 is 5.32 Å². The van der Waals surface area contributed by atoms with Crippen LogP contribution in [-0.2, 0) is 5.41 Å². The van der Waals surface area contributed by atoms with Crippen LogP contribution in [0.5, 0.6) is 0 Å². The zero-order chi connectivity index (χ0) is 38.0. The van der Waals surface area contributed by atoms with Crippen molar-refractivity contribution in [2.75, 3.05) is 0 Å². The smallest absolute Gasteiger partial charge is 0.169 e. The van der Waals surface area contributed by atoms with Crippen molar-refractivity contribution in [2.24, 2.45) is 9.98 Å². The van der Waals surface area contributed by atoms with E-state index in [-0.39, 0.29) is 6.17 Å². The van der Waals surface area contributed by atoms with Crippen molar-refractivity contribution >= 4 is 55.0 Å². The summed E-state index contributed by atoms with van der Waals surface area (Å²) in [6.45, 7) is 0. The second-order valence-corrected chi connectivity index (χ2v) is 15.7. The van der Waals surface area contributed by atoms with E-state index in [2.05, 4.69) is 192 Å². The third kappa shape index (κ3) is 4.13. The van der Waals surface area contributed by atoms with Gasteiger partial charge in [-0.3, -0.25) is 0 Å². The van der Waals surface area contributed by atoms with E-state index < -0.39 is 5.41 Å². The summed E-state index contributed by atoms with van der Waals surface area (Å²) in [7, 11) is 0. The van der Waals surface area contributed by atoms with Crippen molar-refractivity contribution in [1.29, 1.82) is 0 Å². The number of fused-ring (bicyclic) bond motifs is 10. The number of nitrogens with one attached hydrogen (secondary N) is 1. The first-order valence-corrected chi connectivity index (χ1v) is 20.0. The van der Waals surface area contributed by atoms with Gasteiger partial charge in [0.1, 0.15) is 11.7 Å². The van der Waals surface area contributed by atoms with Gasteiger partial charge in [0.2, 0.25) is 0 Å². The Morgan fingerprint density at radius 2 is 1.03 bits per heavy atom. The lowest BCUT2D eigenvalue weighted by Gasteiger charge is -2.31. The minimum Gasteiger partial charge on any atom is -0.324 e. The molecule has 270 valence electrons. The van der Waals surface area contributed by atoms with Gasteiger partial charge in [-0.15, -0.1) is 0 Å².